The van der Waals surface area contributed by atoms with Gasteiger partial charge >= 0.3 is 0 Å². The molecule has 0 spiro atoms. The van der Waals surface area contributed by atoms with Crippen LogP contribution in [-0.2, 0) is 7.05 Å². The van der Waals surface area contributed by atoms with Gasteiger partial charge in [0.1, 0.15) is 0 Å². The SMILES string of the molecule is CC1CC(CSc2cnn(C)c2)C1. The molecule has 0 aliphatic heterocycles. The lowest BCUT2D eigenvalue weighted by Gasteiger charge is -2.32. The molecule has 1 aliphatic carbocycles. The highest BCUT2D eigenvalue weighted by Crippen LogP contribution is 2.36. The molecule has 0 unspecified atom stereocenters. The number of thioether (sulfide) groups is 1. The Balaban J connectivity index is 1.74. The first-order valence-electron chi connectivity index (χ1n) is 4.85. The van der Waals surface area contributed by atoms with Crippen LogP contribution in [0.1, 0.15) is 19.8 Å². The Hall–Kier alpha value is -0.440. The van der Waals surface area contributed by atoms with Crippen LogP contribution >= 0.6 is 11.8 Å². The van der Waals surface area contributed by atoms with Gasteiger partial charge in [-0.3, -0.25) is 4.68 Å². The van der Waals surface area contributed by atoms with Crippen molar-refractivity contribution >= 4 is 11.8 Å². The average Bonchev–Trinajstić information content (AvgIpc) is 2.43. The number of rotatable bonds is 3. The van der Waals surface area contributed by atoms with E-state index >= 15 is 0 Å². The summed E-state index contributed by atoms with van der Waals surface area (Å²) in [6.45, 7) is 2.34. The van der Waals surface area contributed by atoms with Crippen LogP contribution in [0.2, 0.25) is 0 Å². The van der Waals surface area contributed by atoms with E-state index in [1.54, 1.807) is 0 Å². The van der Waals surface area contributed by atoms with Gasteiger partial charge in [-0.1, -0.05) is 6.92 Å². The third kappa shape index (κ3) is 2.27. The van der Waals surface area contributed by atoms with Crippen LogP contribution in [0.15, 0.2) is 17.3 Å². The van der Waals surface area contributed by atoms with Crippen molar-refractivity contribution in [1.29, 1.82) is 0 Å². The third-order valence-electron chi connectivity index (χ3n) is 2.64. The molecule has 2 nitrogen and oxygen atoms in total. The Morgan fingerprint density at radius 2 is 2.38 bits per heavy atom. The van der Waals surface area contributed by atoms with E-state index in [4.69, 9.17) is 0 Å². The van der Waals surface area contributed by atoms with Crippen molar-refractivity contribution in [3.05, 3.63) is 12.4 Å². The first-order valence-corrected chi connectivity index (χ1v) is 5.84. The highest BCUT2D eigenvalue weighted by molar-refractivity contribution is 7.99. The van der Waals surface area contributed by atoms with Crippen LogP contribution < -0.4 is 0 Å². The predicted molar refractivity (Wildman–Crippen MR) is 55.8 cm³/mol. The molecule has 3 heteroatoms. The molecule has 0 amide bonds. The number of hydrogen-bond acceptors (Lipinski definition) is 2. The fourth-order valence-electron chi connectivity index (χ4n) is 1.89. The summed E-state index contributed by atoms with van der Waals surface area (Å²) >= 11 is 1.94. The van der Waals surface area contributed by atoms with Gasteiger partial charge in [0, 0.05) is 23.9 Å². The molecule has 1 aromatic rings. The highest BCUT2D eigenvalue weighted by atomic mass is 32.2. The molecule has 72 valence electrons. The molecule has 1 saturated carbocycles. The molecular formula is C10H16N2S. The summed E-state index contributed by atoms with van der Waals surface area (Å²) < 4.78 is 1.87. The van der Waals surface area contributed by atoms with Crippen molar-refractivity contribution in [2.75, 3.05) is 5.75 Å². The first-order chi connectivity index (χ1) is 6.24. The van der Waals surface area contributed by atoms with E-state index in [1.807, 2.05) is 29.7 Å². The normalized spacial score (nSPS) is 27.2. The highest BCUT2D eigenvalue weighted by Gasteiger charge is 2.24. The lowest BCUT2D eigenvalue weighted by Crippen LogP contribution is -2.22. The molecule has 1 fully saturated rings. The summed E-state index contributed by atoms with van der Waals surface area (Å²) in [5.41, 5.74) is 0. The summed E-state index contributed by atoms with van der Waals surface area (Å²) in [5.74, 6) is 3.20. The van der Waals surface area contributed by atoms with Gasteiger partial charge in [-0.05, 0) is 24.7 Å². The van der Waals surface area contributed by atoms with E-state index in [9.17, 15) is 0 Å². The monoisotopic (exact) mass is 196 g/mol. The molecule has 0 N–H and O–H groups in total. The zero-order valence-corrected chi connectivity index (χ0v) is 9.05. The number of nitrogens with zero attached hydrogens (tertiary/aromatic N) is 2. The third-order valence-corrected chi connectivity index (χ3v) is 3.82. The van der Waals surface area contributed by atoms with Crippen LogP contribution in [0.4, 0.5) is 0 Å². The molecule has 0 bridgehead atoms. The zero-order valence-electron chi connectivity index (χ0n) is 8.23. The van der Waals surface area contributed by atoms with E-state index in [0.717, 1.165) is 11.8 Å². The molecule has 2 rings (SSSR count). The largest absolute Gasteiger partial charge is 0.275 e. The Bertz CT molecular complexity index is 276. The summed E-state index contributed by atoms with van der Waals surface area (Å²) in [5, 5.41) is 4.15. The van der Waals surface area contributed by atoms with Crippen molar-refractivity contribution in [3.8, 4) is 0 Å². The maximum Gasteiger partial charge on any atom is 0.0625 e. The standard InChI is InChI=1S/C10H16N2S/c1-8-3-9(4-8)7-13-10-5-11-12(2)6-10/h5-6,8-9H,3-4,7H2,1-2H3. The van der Waals surface area contributed by atoms with Gasteiger partial charge in [-0.15, -0.1) is 11.8 Å². The smallest absolute Gasteiger partial charge is 0.0625 e. The number of hydrogen-bond donors (Lipinski definition) is 0. The summed E-state index contributed by atoms with van der Waals surface area (Å²) in [6.07, 6.45) is 6.89. The quantitative estimate of drug-likeness (QED) is 0.691. The van der Waals surface area contributed by atoms with E-state index in [2.05, 4.69) is 18.2 Å². The molecule has 0 aromatic carbocycles. The van der Waals surface area contributed by atoms with Gasteiger partial charge in [0.25, 0.3) is 0 Å². The Morgan fingerprint density at radius 3 is 2.92 bits per heavy atom. The van der Waals surface area contributed by atoms with E-state index < -0.39 is 0 Å². The second-order valence-electron chi connectivity index (χ2n) is 4.10. The molecule has 1 aliphatic rings. The van der Waals surface area contributed by atoms with E-state index in [-0.39, 0.29) is 0 Å². The molecular weight excluding hydrogens is 180 g/mol. The molecule has 13 heavy (non-hydrogen) atoms. The zero-order chi connectivity index (χ0) is 9.26. The lowest BCUT2D eigenvalue weighted by atomic mass is 9.77. The van der Waals surface area contributed by atoms with Crippen LogP contribution in [0, 0.1) is 11.8 Å². The molecule has 1 heterocycles. The Morgan fingerprint density at radius 1 is 1.62 bits per heavy atom. The second-order valence-corrected chi connectivity index (χ2v) is 5.20. The molecule has 0 atom stereocenters. The minimum absolute atomic E-state index is 0.959. The Kier molecular flexibility index (Phi) is 2.63. The summed E-state index contributed by atoms with van der Waals surface area (Å²) in [7, 11) is 1.97. The van der Waals surface area contributed by atoms with E-state index in [1.165, 1.54) is 23.5 Å². The second kappa shape index (κ2) is 3.74. The van der Waals surface area contributed by atoms with Crippen molar-refractivity contribution < 1.29 is 0 Å². The summed E-state index contributed by atoms with van der Waals surface area (Å²) in [6, 6.07) is 0. The van der Waals surface area contributed by atoms with Gasteiger partial charge in [0.15, 0.2) is 0 Å². The fraction of sp³-hybridized carbons (Fsp3) is 0.700. The van der Waals surface area contributed by atoms with Gasteiger partial charge < -0.3 is 0 Å². The van der Waals surface area contributed by atoms with Crippen LogP contribution in [0.5, 0.6) is 0 Å². The van der Waals surface area contributed by atoms with Crippen LogP contribution in [-0.4, -0.2) is 15.5 Å². The lowest BCUT2D eigenvalue weighted by molar-refractivity contribution is 0.238. The van der Waals surface area contributed by atoms with Crippen molar-refractivity contribution in [2.24, 2.45) is 18.9 Å². The average molecular weight is 196 g/mol. The maximum absolute atomic E-state index is 4.15. The van der Waals surface area contributed by atoms with Crippen LogP contribution in [0.3, 0.4) is 0 Å². The van der Waals surface area contributed by atoms with Gasteiger partial charge in [-0.25, -0.2) is 0 Å². The van der Waals surface area contributed by atoms with Gasteiger partial charge in [-0.2, -0.15) is 5.10 Å². The molecule has 1 aromatic heterocycles. The minimum atomic E-state index is 0.959. The topological polar surface area (TPSA) is 17.8 Å². The van der Waals surface area contributed by atoms with Gasteiger partial charge in [0.05, 0.1) is 6.20 Å². The van der Waals surface area contributed by atoms with Crippen molar-refractivity contribution in [2.45, 2.75) is 24.7 Å². The van der Waals surface area contributed by atoms with Crippen molar-refractivity contribution in [3.63, 3.8) is 0 Å². The minimum Gasteiger partial charge on any atom is -0.275 e. The summed E-state index contributed by atoms with van der Waals surface area (Å²) in [4.78, 5) is 1.31. The molecule has 0 radical (unpaired) electrons. The van der Waals surface area contributed by atoms with Crippen LogP contribution in [0.25, 0.3) is 0 Å². The first kappa shape index (κ1) is 9.13. The predicted octanol–water partition coefficient (Wildman–Crippen LogP) is 2.56. The number of aryl methyl sites for hydroxylation is 1. The number of aromatic nitrogens is 2. The Labute approximate surface area is 83.7 Å². The maximum atomic E-state index is 4.15. The fourth-order valence-corrected chi connectivity index (χ4v) is 2.94. The van der Waals surface area contributed by atoms with E-state index in [0.29, 0.717) is 0 Å². The van der Waals surface area contributed by atoms with Crippen molar-refractivity contribution in [1.82, 2.24) is 9.78 Å². The van der Waals surface area contributed by atoms with Gasteiger partial charge in [0.2, 0.25) is 0 Å². The molecule has 0 saturated heterocycles.